The highest BCUT2D eigenvalue weighted by Crippen LogP contribution is 2.46. The smallest absolute Gasteiger partial charge is 0.408 e. The van der Waals surface area contributed by atoms with E-state index in [0.29, 0.717) is 31.6 Å². The highest BCUT2D eigenvalue weighted by molar-refractivity contribution is 5.96. The van der Waals surface area contributed by atoms with Crippen LogP contribution in [-0.4, -0.2) is 85.4 Å². The third-order valence-electron chi connectivity index (χ3n) is 9.78. The number of benzene rings is 2. The molecule has 0 spiro atoms. The average Bonchev–Trinajstić information content (AvgIpc) is 3.42. The summed E-state index contributed by atoms with van der Waals surface area (Å²) in [5, 5.41) is 19.0. The second kappa shape index (κ2) is 17.7. The number of rotatable bonds is 17. The van der Waals surface area contributed by atoms with Gasteiger partial charge in [-0.1, -0.05) is 79.6 Å². The number of nitrogens with one attached hydrogen (secondary N) is 2. The molecule has 2 aromatic carbocycles. The zero-order chi connectivity index (χ0) is 38.9. The third kappa shape index (κ3) is 10.00. The van der Waals surface area contributed by atoms with Gasteiger partial charge in [0.25, 0.3) is 0 Å². The zero-order valence-corrected chi connectivity index (χ0v) is 31.8. The number of hydrogen-bond donors (Lipinski definition) is 2. The van der Waals surface area contributed by atoms with Crippen molar-refractivity contribution in [3.63, 3.8) is 0 Å². The van der Waals surface area contributed by atoms with Crippen LogP contribution in [0.5, 0.6) is 0 Å². The number of ether oxygens (including phenoxy) is 2. The molecular formula is C41H53N7O6. The molecule has 0 radical (unpaired) electrons. The summed E-state index contributed by atoms with van der Waals surface area (Å²) in [6, 6.07) is 16.3. The topological polar surface area (TPSA) is 158 Å². The van der Waals surface area contributed by atoms with E-state index in [1.54, 1.807) is 33.8 Å². The Labute approximate surface area is 317 Å². The molecule has 1 aliphatic heterocycles. The van der Waals surface area contributed by atoms with Crippen LogP contribution in [0.15, 0.2) is 79.9 Å². The lowest BCUT2D eigenvalue weighted by Gasteiger charge is -2.30. The summed E-state index contributed by atoms with van der Waals surface area (Å²) < 4.78 is 10.8. The highest BCUT2D eigenvalue weighted by atomic mass is 16.6. The first kappa shape index (κ1) is 39.9. The van der Waals surface area contributed by atoms with Crippen molar-refractivity contribution >= 4 is 23.9 Å². The number of aromatic nitrogens is 4. The summed E-state index contributed by atoms with van der Waals surface area (Å²) >= 11 is 0. The molecule has 1 saturated carbocycles. The minimum absolute atomic E-state index is 0.106. The van der Waals surface area contributed by atoms with E-state index in [9.17, 15) is 19.2 Å². The summed E-state index contributed by atoms with van der Waals surface area (Å²) in [5.41, 5.74) is 1.16. The number of alkyl carbamates (subject to hydrolysis) is 1. The fraction of sp³-hybridized carbons (Fsp3) is 0.488. The molecular weight excluding hydrogens is 686 g/mol. The molecule has 2 fully saturated rings. The molecule has 13 nitrogen and oxygen atoms in total. The Morgan fingerprint density at radius 3 is 2.39 bits per heavy atom. The number of tetrazole rings is 1. The predicted octanol–water partition coefficient (Wildman–Crippen LogP) is 5.73. The number of esters is 1. The normalized spacial score (nSPS) is 21.1. The highest BCUT2D eigenvalue weighted by Gasteiger charge is 2.62. The van der Waals surface area contributed by atoms with Gasteiger partial charge in [-0.05, 0) is 81.7 Å². The molecule has 5 rings (SSSR count). The summed E-state index contributed by atoms with van der Waals surface area (Å²) in [7, 11) is 0. The second-order valence-electron chi connectivity index (χ2n) is 15.0. The van der Waals surface area contributed by atoms with Crippen molar-refractivity contribution in [2.75, 3.05) is 13.2 Å². The van der Waals surface area contributed by atoms with Crippen molar-refractivity contribution in [1.29, 1.82) is 0 Å². The van der Waals surface area contributed by atoms with Crippen molar-refractivity contribution in [2.24, 2.45) is 5.92 Å². The minimum atomic E-state index is -1.25. The molecule has 3 aromatic rings. The number of amides is 3. The van der Waals surface area contributed by atoms with Gasteiger partial charge < -0.3 is 25.0 Å². The molecule has 1 aliphatic carbocycles. The van der Waals surface area contributed by atoms with Gasteiger partial charge in [-0.15, -0.1) is 23.4 Å². The maximum Gasteiger partial charge on any atom is 0.408 e. The van der Waals surface area contributed by atoms with Gasteiger partial charge in [0.1, 0.15) is 23.2 Å². The van der Waals surface area contributed by atoms with E-state index in [2.05, 4.69) is 51.3 Å². The number of unbranched alkanes of at least 4 members (excludes halogenated alkanes) is 3. The first-order valence-corrected chi connectivity index (χ1v) is 18.8. The van der Waals surface area contributed by atoms with Gasteiger partial charge in [0.15, 0.2) is 5.82 Å². The summed E-state index contributed by atoms with van der Waals surface area (Å²) in [5.74, 6) is -1.83. The molecule has 13 heteroatoms. The Balaban J connectivity index is 1.37. The second-order valence-corrected chi connectivity index (χ2v) is 15.0. The molecule has 3 amide bonds. The number of carbonyl (C=O) groups is 4. The van der Waals surface area contributed by atoms with Gasteiger partial charge in [0.2, 0.25) is 11.8 Å². The molecule has 2 aliphatic rings. The maximum atomic E-state index is 14.5. The molecule has 1 aromatic heterocycles. The van der Waals surface area contributed by atoms with E-state index in [-0.39, 0.29) is 25.5 Å². The Kier molecular flexibility index (Phi) is 13.0. The quantitative estimate of drug-likeness (QED) is 0.100. The molecule has 2 heterocycles. The van der Waals surface area contributed by atoms with Crippen LogP contribution in [0.3, 0.4) is 0 Å². The van der Waals surface area contributed by atoms with Gasteiger partial charge >= 0.3 is 12.1 Å². The molecule has 2 N–H and O–H groups in total. The van der Waals surface area contributed by atoms with E-state index >= 15 is 0 Å². The lowest BCUT2D eigenvalue weighted by atomic mass is 10.0. The zero-order valence-electron chi connectivity index (χ0n) is 31.8. The van der Waals surface area contributed by atoms with Crippen molar-refractivity contribution < 1.29 is 28.7 Å². The Hall–Kier alpha value is -5.33. The largest absolute Gasteiger partial charge is 0.464 e. The first-order chi connectivity index (χ1) is 25.9. The summed E-state index contributed by atoms with van der Waals surface area (Å²) in [6.07, 6.45) is 6.84. The number of hydrogen-bond acceptors (Lipinski definition) is 9. The molecule has 0 unspecified atom stereocenters. The van der Waals surface area contributed by atoms with Gasteiger partial charge in [-0.2, -0.15) is 4.80 Å². The van der Waals surface area contributed by atoms with E-state index in [0.717, 1.165) is 36.0 Å². The molecule has 5 atom stereocenters. The van der Waals surface area contributed by atoms with Crippen molar-refractivity contribution in [2.45, 2.75) is 108 Å². The fourth-order valence-electron chi connectivity index (χ4n) is 6.88. The third-order valence-corrected chi connectivity index (χ3v) is 9.78. The average molecular weight is 740 g/mol. The van der Waals surface area contributed by atoms with Crippen LogP contribution in [0.25, 0.3) is 11.1 Å². The van der Waals surface area contributed by atoms with Crippen LogP contribution in [0, 0.1) is 5.92 Å². The first-order valence-electron chi connectivity index (χ1n) is 18.8. The maximum absolute atomic E-state index is 14.5. The van der Waals surface area contributed by atoms with Crippen LogP contribution in [0.1, 0.15) is 89.9 Å². The summed E-state index contributed by atoms with van der Waals surface area (Å²) in [4.78, 5) is 57.7. The van der Waals surface area contributed by atoms with E-state index in [1.165, 1.54) is 9.70 Å². The fourth-order valence-corrected chi connectivity index (χ4v) is 6.88. The Morgan fingerprint density at radius 2 is 1.74 bits per heavy atom. The van der Waals surface area contributed by atoms with Gasteiger partial charge in [-0.25, -0.2) is 9.59 Å². The standard InChI is InChI=1S/C41H53N7O6/c1-7-10-11-12-16-19-33(42-39(52)54-40(4,5)6)37(50)47-27-31(24-34(47)36(49)43-41(25-32(41)8-2)38(51)53-9-3)35-44-46-48(45-35)26-28-20-22-30(23-21-28)29-17-14-13-15-18-29/h7-8,13-15,17-18,20-23,31-34H,1-2,9-12,16,19,24-27H2,3-6H3,(H,42,52)(H,43,49)/t31-,32-,33+,34+,41+/m1/s1. The van der Waals surface area contributed by atoms with E-state index < -0.39 is 53.0 Å². The lowest BCUT2D eigenvalue weighted by molar-refractivity contribution is -0.150. The van der Waals surface area contributed by atoms with Crippen molar-refractivity contribution in [3.05, 3.63) is 91.3 Å². The van der Waals surface area contributed by atoms with Crippen LogP contribution >= 0.6 is 0 Å². The predicted molar refractivity (Wildman–Crippen MR) is 204 cm³/mol. The Bertz CT molecular complexity index is 1790. The number of likely N-dealkylation sites (tertiary alicyclic amines) is 1. The van der Waals surface area contributed by atoms with Gasteiger partial charge in [-0.3, -0.25) is 9.59 Å². The SMILES string of the molecule is C=CCCCCC[C@H](NC(=O)OC(C)(C)C)C(=O)N1C[C@H](c2nnn(Cc3ccc(-c4ccccc4)cc3)n2)C[C@H]1C(=O)N[C@@]1(C(=O)OCC)C[C@H]1C=C. The molecule has 1 saturated heterocycles. The molecule has 0 bridgehead atoms. The monoisotopic (exact) mass is 739 g/mol. The minimum Gasteiger partial charge on any atom is -0.464 e. The summed E-state index contributed by atoms with van der Waals surface area (Å²) in [6.45, 7) is 15.2. The molecule has 54 heavy (non-hydrogen) atoms. The molecule has 288 valence electrons. The van der Waals surface area contributed by atoms with E-state index in [4.69, 9.17) is 9.47 Å². The van der Waals surface area contributed by atoms with Crippen molar-refractivity contribution in [3.8, 4) is 11.1 Å². The van der Waals surface area contributed by atoms with Gasteiger partial charge in [0, 0.05) is 18.4 Å². The Morgan fingerprint density at radius 1 is 1.02 bits per heavy atom. The number of nitrogens with zero attached hydrogens (tertiary/aromatic N) is 5. The number of carbonyl (C=O) groups excluding carboxylic acids is 4. The van der Waals surface area contributed by atoms with Crippen LogP contribution in [0.4, 0.5) is 4.79 Å². The number of allylic oxidation sites excluding steroid dienone is 1. The van der Waals surface area contributed by atoms with E-state index in [1.807, 2.05) is 48.5 Å². The van der Waals surface area contributed by atoms with Crippen molar-refractivity contribution in [1.82, 2.24) is 35.7 Å². The van der Waals surface area contributed by atoms with Crippen LogP contribution in [-0.2, 0) is 30.4 Å². The van der Waals surface area contributed by atoms with Gasteiger partial charge in [0.05, 0.1) is 13.2 Å². The van der Waals surface area contributed by atoms with Crippen LogP contribution < -0.4 is 10.6 Å². The lowest BCUT2D eigenvalue weighted by Crippen LogP contribution is -2.56. The van der Waals surface area contributed by atoms with Crippen LogP contribution in [0.2, 0.25) is 0 Å².